The number of rotatable bonds is 11. The van der Waals surface area contributed by atoms with E-state index < -0.39 is 0 Å². The van der Waals surface area contributed by atoms with Gasteiger partial charge in [0, 0.05) is 36.5 Å². The van der Waals surface area contributed by atoms with Gasteiger partial charge in [0.1, 0.15) is 30.1 Å². The highest BCUT2D eigenvalue weighted by atomic mass is 16.5. The third-order valence-corrected chi connectivity index (χ3v) is 7.28. The minimum atomic E-state index is -0.0986. The van der Waals surface area contributed by atoms with Gasteiger partial charge in [-0.25, -0.2) is 14.8 Å². The summed E-state index contributed by atoms with van der Waals surface area (Å²) in [5.41, 5.74) is 10.2. The molecule has 1 fully saturated rings. The van der Waals surface area contributed by atoms with E-state index in [-0.39, 0.29) is 12.1 Å². The van der Waals surface area contributed by atoms with Gasteiger partial charge in [-0.2, -0.15) is 0 Å². The van der Waals surface area contributed by atoms with Crippen molar-refractivity contribution in [3.63, 3.8) is 0 Å². The summed E-state index contributed by atoms with van der Waals surface area (Å²) in [5.74, 6) is 1.66. The first-order valence-electron chi connectivity index (χ1n) is 13.5. The number of nitrogens with two attached hydrogens (primary N) is 1. The minimum Gasteiger partial charge on any atom is -0.488 e. The maximum atomic E-state index is 12.1. The molecule has 0 unspecified atom stereocenters. The zero-order chi connectivity index (χ0) is 27.2. The molecular weight excluding hydrogens is 490 g/mol. The van der Waals surface area contributed by atoms with E-state index in [0.29, 0.717) is 31.4 Å². The van der Waals surface area contributed by atoms with E-state index in [1.807, 2.05) is 50.5 Å². The van der Waals surface area contributed by atoms with E-state index in [9.17, 15) is 4.79 Å². The number of ether oxygens (including phenoxy) is 1. The number of urea groups is 1. The van der Waals surface area contributed by atoms with E-state index in [0.717, 1.165) is 59.3 Å². The molecule has 4 N–H and O–H groups in total. The van der Waals surface area contributed by atoms with Crippen LogP contribution in [0.4, 0.5) is 10.6 Å². The van der Waals surface area contributed by atoms with Gasteiger partial charge in [-0.3, -0.25) is 0 Å². The number of benzene rings is 2. The number of nitrogens with zero attached hydrogens (tertiary/aromatic N) is 4. The third-order valence-electron chi connectivity index (χ3n) is 7.28. The van der Waals surface area contributed by atoms with E-state index in [2.05, 4.69) is 54.5 Å². The monoisotopic (exact) mass is 527 g/mol. The maximum absolute atomic E-state index is 12.1. The Morgan fingerprint density at radius 3 is 2.62 bits per heavy atom. The van der Waals surface area contributed by atoms with Gasteiger partial charge in [0.05, 0.1) is 5.39 Å². The first-order valence-corrected chi connectivity index (χ1v) is 13.5. The molecule has 0 saturated heterocycles. The molecular formula is C30H37N7O2. The van der Waals surface area contributed by atoms with Crippen molar-refractivity contribution in [2.24, 2.45) is 5.92 Å². The van der Waals surface area contributed by atoms with Crippen molar-refractivity contribution in [3.8, 4) is 16.9 Å². The Bertz CT molecular complexity index is 1400. The predicted molar refractivity (Wildman–Crippen MR) is 154 cm³/mol. The van der Waals surface area contributed by atoms with E-state index in [4.69, 9.17) is 10.5 Å². The number of nitrogen functional groups attached to an aromatic ring is 1. The number of hydrogen-bond acceptors (Lipinski definition) is 6. The quantitative estimate of drug-likeness (QED) is 0.249. The Morgan fingerprint density at radius 1 is 1.05 bits per heavy atom. The Hall–Kier alpha value is -4.11. The summed E-state index contributed by atoms with van der Waals surface area (Å²) in [6.07, 6.45) is 6.50. The SMILES string of the molecule is CN(C)CCCNC(=O)NCC1CC(n2cc(-c3ccccc3OCc3ccccc3)c3c(N)ncnc32)C1. The number of para-hydroxylation sites is 1. The fourth-order valence-corrected chi connectivity index (χ4v) is 5.13. The molecule has 0 bridgehead atoms. The summed E-state index contributed by atoms with van der Waals surface area (Å²) in [7, 11) is 4.06. The summed E-state index contributed by atoms with van der Waals surface area (Å²) in [4.78, 5) is 23.2. The average molecular weight is 528 g/mol. The summed E-state index contributed by atoms with van der Waals surface area (Å²) >= 11 is 0. The van der Waals surface area contributed by atoms with Gasteiger partial charge in [-0.05, 0) is 57.5 Å². The molecule has 0 atom stereocenters. The van der Waals surface area contributed by atoms with Crippen molar-refractivity contribution in [2.45, 2.75) is 31.9 Å². The van der Waals surface area contributed by atoms with Crippen LogP contribution in [0.25, 0.3) is 22.2 Å². The lowest BCUT2D eigenvalue weighted by molar-refractivity contribution is 0.192. The lowest BCUT2D eigenvalue weighted by Crippen LogP contribution is -2.42. The van der Waals surface area contributed by atoms with Crippen molar-refractivity contribution in [1.29, 1.82) is 0 Å². The standard InChI is InChI=1S/C30H37N7O2/c1-36(2)14-8-13-32-30(38)33-17-22-15-23(16-22)37-18-25(27-28(31)34-20-35-29(27)37)24-11-6-7-12-26(24)39-19-21-9-4-3-5-10-21/h3-7,9-12,18,20,22-23H,8,13-17,19H2,1-2H3,(H2,31,34,35)(H2,32,33,38). The molecule has 2 aromatic carbocycles. The molecule has 5 rings (SSSR count). The van der Waals surface area contributed by atoms with Crippen molar-refractivity contribution < 1.29 is 9.53 Å². The Kier molecular flexibility index (Phi) is 8.27. The van der Waals surface area contributed by atoms with Crippen molar-refractivity contribution in [2.75, 3.05) is 39.5 Å². The zero-order valence-electron chi connectivity index (χ0n) is 22.6. The highest BCUT2D eigenvalue weighted by molar-refractivity contribution is 6.01. The van der Waals surface area contributed by atoms with Crippen LogP contribution in [0.15, 0.2) is 67.1 Å². The van der Waals surface area contributed by atoms with Crippen LogP contribution in [0.2, 0.25) is 0 Å². The number of carbonyl (C=O) groups excluding carboxylic acids is 1. The van der Waals surface area contributed by atoms with Crippen LogP contribution in [-0.2, 0) is 6.61 Å². The van der Waals surface area contributed by atoms with Crippen LogP contribution in [0, 0.1) is 5.92 Å². The molecule has 2 aromatic heterocycles. The number of fused-ring (bicyclic) bond motifs is 1. The third kappa shape index (κ3) is 6.31. The molecule has 2 amide bonds. The number of hydrogen-bond donors (Lipinski definition) is 3. The number of aromatic nitrogens is 3. The highest BCUT2D eigenvalue weighted by Gasteiger charge is 2.33. The number of nitrogens with one attached hydrogen (secondary N) is 2. The molecule has 204 valence electrons. The fraction of sp³-hybridized carbons (Fsp3) is 0.367. The molecule has 0 spiro atoms. The van der Waals surface area contributed by atoms with Crippen molar-refractivity contribution in [3.05, 3.63) is 72.7 Å². The Balaban J connectivity index is 1.27. The maximum Gasteiger partial charge on any atom is 0.314 e. The molecule has 9 heteroatoms. The topological polar surface area (TPSA) is 110 Å². The number of amides is 2. The second-order valence-electron chi connectivity index (χ2n) is 10.5. The van der Waals surface area contributed by atoms with Crippen LogP contribution in [0.3, 0.4) is 0 Å². The second kappa shape index (κ2) is 12.2. The van der Waals surface area contributed by atoms with Gasteiger partial charge in [0.15, 0.2) is 0 Å². The van der Waals surface area contributed by atoms with E-state index in [1.165, 1.54) is 6.33 Å². The largest absolute Gasteiger partial charge is 0.488 e. The van der Waals surface area contributed by atoms with Crippen LogP contribution >= 0.6 is 0 Å². The van der Waals surface area contributed by atoms with Gasteiger partial charge in [0.2, 0.25) is 0 Å². The molecule has 39 heavy (non-hydrogen) atoms. The van der Waals surface area contributed by atoms with Gasteiger partial charge in [0.25, 0.3) is 0 Å². The molecule has 9 nitrogen and oxygen atoms in total. The molecule has 1 aliphatic carbocycles. The molecule has 0 radical (unpaired) electrons. The molecule has 1 saturated carbocycles. The lowest BCUT2D eigenvalue weighted by Gasteiger charge is -2.36. The smallest absolute Gasteiger partial charge is 0.314 e. The summed E-state index contributed by atoms with van der Waals surface area (Å²) < 4.78 is 8.47. The Morgan fingerprint density at radius 2 is 1.82 bits per heavy atom. The number of anilines is 1. The molecule has 2 heterocycles. The highest BCUT2D eigenvalue weighted by Crippen LogP contribution is 2.44. The summed E-state index contributed by atoms with van der Waals surface area (Å²) in [6.45, 7) is 2.76. The average Bonchev–Trinajstić information content (AvgIpc) is 3.30. The lowest BCUT2D eigenvalue weighted by atomic mass is 9.80. The Labute approximate surface area is 229 Å². The molecule has 0 aliphatic heterocycles. The van der Waals surface area contributed by atoms with E-state index >= 15 is 0 Å². The molecule has 4 aromatic rings. The van der Waals surface area contributed by atoms with E-state index in [1.54, 1.807) is 0 Å². The summed E-state index contributed by atoms with van der Waals surface area (Å²) in [6, 6.07) is 18.3. The fourth-order valence-electron chi connectivity index (χ4n) is 5.13. The normalized spacial score (nSPS) is 16.7. The van der Waals surface area contributed by atoms with Crippen molar-refractivity contribution >= 4 is 22.9 Å². The van der Waals surface area contributed by atoms with Crippen molar-refractivity contribution in [1.82, 2.24) is 30.1 Å². The molecule has 1 aliphatic rings. The number of carbonyl (C=O) groups is 1. The van der Waals surface area contributed by atoms with Crippen LogP contribution < -0.4 is 21.1 Å². The van der Waals surface area contributed by atoms with Crippen LogP contribution in [0.1, 0.15) is 30.9 Å². The first-order chi connectivity index (χ1) is 19.0. The van der Waals surface area contributed by atoms with Gasteiger partial charge < -0.3 is 30.6 Å². The minimum absolute atomic E-state index is 0.0986. The van der Waals surface area contributed by atoms with Crippen LogP contribution in [0.5, 0.6) is 5.75 Å². The van der Waals surface area contributed by atoms with Gasteiger partial charge in [-0.1, -0.05) is 48.5 Å². The second-order valence-corrected chi connectivity index (χ2v) is 10.5. The summed E-state index contributed by atoms with van der Waals surface area (Å²) in [5, 5.41) is 6.80. The van der Waals surface area contributed by atoms with Gasteiger partial charge >= 0.3 is 6.03 Å². The first kappa shape index (κ1) is 26.5. The predicted octanol–water partition coefficient (Wildman–Crippen LogP) is 4.46. The zero-order valence-corrected chi connectivity index (χ0v) is 22.6. The van der Waals surface area contributed by atoms with Crippen LogP contribution in [-0.4, -0.2) is 59.2 Å². The van der Waals surface area contributed by atoms with Gasteiger partial charge in [-0.15, -0.1) is 0 Å².